The van der Waals surface area contributed by atoms with E-state index < -0.39 is 23.8 Å². The van der Waals surface area contributed by atoms with Crippen LogP contribution in [-0.2, 0) is 14.3 Å². The zero-order chi connectivity index (χ0) is 25.0. The molecular weight excluding hydrogens is 508 g/mol. The van der Waals surface area contributed by atoms with Crippen LogP contribution in [0.2, 0.25) is 0 Å². The van der Waals surface area contributed by atoms with Crippen molar-refractivity contribution >= 4 is 51.5 Å². The van der Waals surface area contributed by atoms with Gasteiger partial charge >= 0.3 is 12.0 Å². The number of esters is 1. The van der Waals surface area contributed by atoms with Gasteiger partial charge in [-0.2, -0.15) is 0 Å². The average Bonchev–Trinajstić information content (AvgIpc) is 2.78. The highest BCUT2D eigenvalue weighted by Gasteiger charge is 2.37. The molecule has 0 unspecified atom stereocenters. The van der Waals surface area contributed by atoms with Crippen molar-refractivity contribution in [2.75, 3.05) is 18.6 Å². The van der Waals surface area contributed by atoms with Gasteiger partial charge in [-0.05, 0) is 84.7 Å². The van der Waals surface area contributed by atoms with Gasteiger partial charge in [0.2, 0.25) is 0 Å². The Hall–Kier alpha value is -3.66. The van der Waals surface area contributed by atoms with E-state index >= 15 is 0 Å². The molecule has 34 heavy (non-hydrogen) atoms. The minimum atomic E-state index is -0.894. The van der Waals surface area contributed by atoms with Crippen molar-refractivity contribution in [1.29, 1.82) is 0 Å². The van der Waals surface area contributed by atoms with E-state index in [1.807, 2.05) is 20.8 Å². The number of rotatable bonds is 7. The number of hydrogen-bond donors (Lipinski definition) is 1. The van der Waals surface area contributed by atoms with E-state index in [0.29, 0.717) is 28.1 Å². The largest absolute Gasteiger partial charge is 0.490 e. The Morgan fingerprint density at radius 1 is 1.15 bits per heavy atom. The molecule has 1 aliphatic rings. The lowest BCUT2D eigenvalue weighted by atomic mass is 10.1. The fraction of sp³-hybridized carbons (Fsp3) is 0.250. The van der Waals surface area contributed by atoms with Gasteiger partial charge in [0.1, 0.15) is 5.57 Å². The van der Waals surface area contributed by atoms with Crippen molar-refractivity contribution in [3.8, 4) is 11.5 Å². The molecule has 9 nitrogen and oxygen atoms in total. The maximum Gasteiger partial charge on any atom is 0.337 e. The molecule has 2 aromatic rings. The Morgan fingerprint density at radius 3 is 2.41 bits per heavy atom. The molecule has 1 fully saturated rings. The number of hydrogen-bond acceptors (Lipinski definition) is 7. The number of methoxy groups -OCH3 is 1. The topological polar surface area (TPSA) is 111 Å². The molecule has 2 aromatic carbocycles. The van der Waals surface area contributed by atoms with Gasteiger partial charge in [-0.25, -0.2) is 14.5 Å². The Kier molecular flexibility index (Phi) is 7.72. The van der Waals surface area contributed by atoms with Crippen molar-refractivity contribution in [1.82, 2.24) is 5.32 Å². The van der Waals surface area contributed by atoms with E-state index in [1.54, 1.807) is 12.1 Å². The Labute approximate surface area is 204 Å². The second-order valence-electron chi connectivity index (χ2n) is 7.43. The molecule has 178 valence electrons. The van der Waals surface area contributed by atoms with Crippen LogP contribution in [0.1, 0.15) is 36.7 Å². The van der Waals surface area contributed by atoms with E-state index in [-0.39, 0.29) is 22.9 Å². The lowest BCUT2D eigenvalue weighted by molar-refractivity contribution is -0.122. The molecule has 0 bridgehead atoms. The average molecular weight is 531 g/mol. The maximum atomic E-state index is 13.2. The molecule has 4 amide bonds. The first-order valence-electron chi connectivity index (χ1n) is 10.4. The first kappa shape index (κ1) is 25.0. The van der Waals surface area contributed by atoms with Crippen molar-refractivity contribution in [2.24, 2.45) is 0 Å². The number of carbonyl (C=O) groups excluding carboxylic acids is 4. The van der Waals surface area contributed by atoms with E-state index in [9.17, 15) is 19.2 Å². The summed E-state index contributed by atoms with van der Waals surface area (Å²) < 4.78 is 16.7. The summed E-state index contributed by atoms with van der Waals surface area (Å²) in [5, 5.41) is 2.17. The number of imide groups is 2. The first-order chi connectivity index (χ1) is 16.2. The fourth-order valence-electron chi connectivity index (χ4n) is 3.21. The van der Waals surface area contributed by atoms with Crippen molar-refractivity contribution in [2.45, 2.75) is 26.9 Å². The summed E-state index contributed by atoms with van der Waals surface area (Å²) in [6, 6.07) is 8.10. The highest BCUT2D eigenvalue weighted by atomic mass is 79.9. The highest BCUT2D eigenvalue weighted by molar-refractivity contribution is 9.10. The van der Waals surface area contributed by atoms with Crippen LogP contribution in [0.4, 0.5) is 10.5 Å². The molecule has 0 atom stereocenters. The summed E-state index contributed by atoms with van der Waals surface area (Å²) in [7, 11) is 1.25. The molecule has 1 saturated heterocycles. The number of anilines is 1. The second kappa shape index (κ2) is 10.5. The van der Waals surface area contributed by atoms with Gasteiger partial charge in [0.05, 0.1) is 35.5 Å². The molecule has 1 N–H and O–H groups in total. The number of benzene rings is 2. The number of nitrogens with zero attached hydrogens (tertiary/aromatic N) is 1. The van der Waals surface area contributed by atoms with Gasteiger partial charge in [-0.1, -0.05) is 0 Å². The summed E-state index contributed by atoms with van der Waals surface area (Å²) in [5.41, 5.74) is 0.675. The standard InChI is InChI=1S/C24H23BrN2O7/c1-5-33-19-12-14(11-18(25)20(19)34-13(2)3)10-17-21(28)26-24(31)27(22(17)29)16-8-6-15(7-9-16)23(30)32-4/h6-13H,5H2,1-4H3,(H,26,28,31)/b17-10+. The highest BCUT2D eigenvalue weighted by Crippen LogP contribution is 2.38. The van der Waals surface area contributed by atoms with Crippen LogP contribution < -0.4 is 19.7 Å². The molecule has 3 rings (SSSR count). The van der Waals surface area contributed by atoms with Gasteiger partial charge in [-0.15, -0.1) is 0 Å². The van der Waals surface area contributed by atoms with Gasteiger partial charge in [-0.3, -0.25) is 14.9 Å². The third-order valence-corrected chi connectivity index (χ3v) is 5.23. The van der Waals surface area contributed by atoms with Crippen LogP contribution in [0.5, 0.6) is 11.5 Å². The molecular formula is C24H23BrN2O7. The summed E-state index contributed by atoms with van der Waals surface area (Å²) in [5.74, 6) is -1.25. The number of barbiturate groups is 1. The van der Waals surface area contributed by atoms with Gasteiger partial charge < -0.3 is 14.2 Å². The van der Waals surface area contributed by atoms with Crippen molar-refractivity contribution in [3.63, 3.8) is 0 Å². The zero-order valence-electron chi connectivity index (χ0n) is 19.0. The molecule has 0 saturated carbocycles. The summed E-state index contributed by atoms with van der Waals surface area (Å²) in [4.78, 5) is 50.6. The van der Waals surface area contributed by atoms with Crippen molar-refractivity contribution in [3.05, 3.63) is 57.6 Å². The van der Waals surface area contributed by atoms with E-state index in [0.717, 1.165) is 4.90 Å². The van der Waals surface area contributed by atoms with Crippen LogP contribution in [0.25, 0.3) is 6.08 Å². The minimum Gasteiger partial charge on any atom is -0.490 e. The monoisotopic (exact) mass is 530 g/mol. The smallest absolute Gasteiger partial charge is 0.337 e. The Bertz CT molecular complexity index is 1170. The van der Waals surface area contributed by atoms with Crippen LogP contribution in [0, 0.1) is 0 Å². The number of urea groups is 1. The first-order valence-corrected chi connectivity index (χ1v) is 11.2. The molecule has 0 radical (unpaired) electrons. The molecule has 10 heteroatoms. The van der Waals surface area contributed by atoms with E-state index in [1.165, 1.54) is 37.5 Å². The van der Waals surface area contributed by atoms with Gasteiger partial charge in [0.25, 0.3) is 11.8 Å². The number of amides is 4. The normalized spacial score (nSPS) is 14.9. The third-order valence-electron chi connectivity index (χ3n) is 4.64. The lowest BCUT2D eigenvalue weighted by Crippen LogP contribution is -2.54. The number of nitrogens with one attached hydrogen (secondary N) is 1. The van der Waals surface area contributed by atoms with Crippen LogP contribution in [0.15, 0.2) is 46.4 Å². The predicted molar refractivity (Wildman–Crippen MR) is 128 cm³/mol. The molecule has 1 heterocycles. The van der Waals surface area contributed by atoms with Crippen LogP contribution in [0.3, 0.4) is 0 Å². The molecule has 1 aliphatic heterocycles. The number of carbonyl (C=O) groups is 4. The Balaban J connectivity index is 1.99. The SMILES string of the molecule is CCOc1cc(/C=C2\C(=O)NC(=O)N(c3ccc(C(=O)OC)cc3)C2=O)cc(Br)c1OC(C)C. The maximum absolute atomic E-state index is 13.2. The van der Waals surface area contributed by atoms with E-state index in [4.69, 9.17) is 9.47 Å². The van der Waals surface area contributed by atoms with Gasteiger partial charge in [0.15, 0.2) is 11.5 Å². The quantitative estimate of drug-likeness (QED) is 0.326. The van der Waals surface area contributed by atoms with Crippen LogP contribution >= 0.6 is 15.9 Å². The summed E-state index contributed by atoms with van der Waals surface area (Å²) >= 11 is 3.45. The summed E-state index contributed by atoms with van der Waals surface area (Å²) in [6.07, 6.45) is 1.27. The fourth-order valence-corrected chi connectivity index (χ4v) is 3.76. The molecule has 0 spiro atoms. The zero-order valence-corrected chi connectivity index (χ0v) is 20.6. The predicted octanol–water partition coefficient (Wildman–Crippen LogP) is 4.09. The number of ether oxygens (including phenoxy) is 3. The van der Waals surface area contributed by atoms with Crippen LogP contribution in [-0.4, -0.2) is 43.6 Å². The van der Waals surface area contributed by atoms with E-state index in [2.05, 4.69) is 26.0 Å². The number of halogens is 1. The van der Waals surface area contributed by atoms with Gasteiger partial charge in [0, 0.05) is 0 Å². The lowest BCUT2D eigenvalue weighted by Gasteiger charge is -2.26. The van der Waals surface area contributed by atoms with Crippen molar-refractivity contribution < 1.29 is 33.4 Å². The molecule has 0 aliphatic carbocycles. The second-order valence-corrected chi connectivity index (χ2v) is 8.28. The summed E-state index contributed by atoms with van der Waals surface area (Å²) in [6.45, 7) is 5.97. The Morgan fingerprint density at radius 2 is 1.82 bits per heavy atom. The minimum absolute atomic E-state index is 0.101. The third kappa shape index (κ3) is 5.28. The molecule has 0 aromatic heterocycles.